The van der Waals surface area contributed by atoms with E-state index in [1.54, 1.807) is 13.4 Å². The maximum atomic E-state index is 5.33. The van der Waals surface area contributed by atoms with Gasteiger partial charge >= 0.3 is 0 Å². The first kappa shape index (κ1) is 13.1. The highest BCUT2D eigenvalue weighted by Crippen LogP contribution is 2.06. The highest BCUT2D eigenvalue weighted by Gasteiger charge is 2.18. The van der Waals surface area contributed by atoms with Crippen LogP contribution in [0, 0.1) is 0 Å². The Morgan fingerprint density at radius 3 is 2.88 bits per heavy atom. The minimum atomic E-state index is 0.164. The van der Waals surface area contributed by atoms with Crippen LogP contribution in [-0.4, -0.2) is 41.1 Å². The first-order valence-electron chi connectivity index (χ1n) is 5.79. The molecule has 0 fully saturated rings. The lowest BCUT2D eigenvalue weighted by Crippen LogP contribution is -2.39. The summed E-state index contributed by atoms with van der Waals surface area (Å²) in [6, 6.07) is 0.268. The van der Waals surface area contributed by atoms with Gasteiger partial charge in [-0.05, 0) is 20.4 Å². The van der Waals surface area contributed by atoms with Crippen LogP contribution >= 0.6 is 0 Å². The van der Waals surface area contributed by atoms with Gasteiger partial charge in [0, 0.05) is 26.1 Å². The number of rotatable bonds is 7. The van der Waals surface area contributed by atoms with Crippen LogP contribution in [-0.2, 0) is 17.7 Å². The van der Waals surface area contributed by atoms with E-state index in [1.807, 2.05) is 11.7 Å². The van der Waals surface area contributed by atoms with Gasteiger partial charge in [-0.25, -0.2) is 4.98 Å². The summed E-state index contributed by atoms with van der Waals surface area (Å²) in [5.74, 6) is 1.02. The molecule has 0 bridgehead atoms. The highest BCUT2D eigenvalue weighted by molar-refractivity contribution is 4.91. The minimum absolute atomic E-state index is 0.164. The molecule has 1 rings (SSSR count). The molecule has 0 aliphatic heterocycles. The molecule has 0 aliphatic carbocycles. The summed E-state index contributed by atoms with van der Waals surface area (Å²) in [6.07, 6.45) is 3.69. The fraction of sp³-hybridized carbons (Fsp3) is 0.818. The molecule has 1 aromatic rings. The van der Waals surface area contributed by atoms with E-state index in [0.717, 1.165) is 25.2 Å². The Bertz CT molecular complexity index is 300. The van der Waals surface area contributed by atoms with Crippen molar-refractivity contribution in [2.24, 2.45) is 0 Å². The zero-order valence-corrected chi connectivity index (χ0v) is 10.6. The number of hydrogen-bond acceptors (Lipinski definition) is 4. The summed E-state index contributed by atoms with van der Waals surface area (Å²) >= 11 is 0. The van der Waals surface area contributed by atoms with Gasteiger partial charge in [0.25, 0.3) is 0 Å². The number of ether oxygens (including phenoxy) is 1. The summed E-state index contributed by atoms with van der Waals surface area (Å²) in [5, 5.41) is 7.47. The predicted octanol–water partition coefficient (Wildman–Crippen LogP) is 0.853. The van der Waals surface area contributed by atoms with Crippen LogP contribution in [0.15, 0.2) is 6.33 Å². The molecule has 0 amide bonds. The molecule has 0 saturated carbocycles. The summed E-state index contributed by atoms with van der Waals surface area (Å²) in [4.78, 5) is 4.30. The van der Waals surface area contributed by atoms with Gasteiger partial charge in [0.2, 0.25) is 0 Å². The fourth-order valence-electron chi connectivity index (χ4n) is 1.71. The lowest BCUT2D eigenvalue weighted by atomic mass is 10.1. The van der Waals surface area contributed by atoms with Gasteiger partial charge in [-0.1, -0.05) is 6.92 Å². The van der Waals surface area contributed by atoms with Gasteiger partial charge in [0.05, 0.1) is 6.10 Å². The van der Waals surface area contributed by atoms with Crippen LogP contribution in [0.1, 0.15) is 26.1 Å². The molecule has 92 valence electrons. The maximum Gasteiger partial charge on any atom is 0.138 e. The minimum Gasteiger partial charge on any atom is -0.380 e. The zero-order valence-electron chi connectivity index (χ0n) is 10.6. The molecule has 1 heterocycles. The number of aryl methyl sites for hydroxylation is 1. The summed E-state index contributed by atoms with van der Waals surface area (Å²) in [5.41, 5.74) is 0. The Morgan fingerprint density at radius 2 is 2.31 bits per heavy atom. The van der Waals surface area contributed by atoms with Crippen LogP contribution in [0.3, 0.4) is 0 Å². The van der Waals surface area contributed by atoms with E-state index in [-0.39, 0.29) is 12.1 Å². The summed E-state index contributed by atoms with van der Waals surface area (Å²) in [6.45, 7) is 5.12. The van der Waals surface area contributed by atoms with E-state index in [0.29, 0.717) is 0 Å². The standard InChI is InChI=1S/C11H22N4O/c1-5-6-15-11(13-8-14-15)7-10(12-3)9(2)16-4/h8-10,12H,5-7H2,1-4H3. The van der Waals surface area contributed by atoms with Crippen molar-refractivity contribution in [2.75, 3.05) is 14.2 Å². The van der Waals surface area contributed by atoms with E-state index >= 15 is 0 Å². The number of nitrogens with one attached hydrogen (secondary N) is 1. The first-order valence-corrected chi connectivity index (χ1v) is 5.79. The Balaban J connectivity index is 2.66. The topological polar surface area (TPSA) is 52.0 Å². The third-order valence-corrected chi connectivity index (χ3v) is 2.84. The van der Waals surface area contributed by atoms with Gasteiger partial charge in [0.15, 0.2) is 0 Å². The molecule has 1 N–H and O–H groups in total. The van der Waals surface area contributed by atoms with Gasteiger partial charge in [-0.2, -0.15) is 5.10 Å². The number of hydrogen-bond donors (Lipinski definition) is 1. The first-order chi connectivity index (χ1) is 7.72. The smallest absolute Gasteiger partial charge is 0.138 e. The molecule has 5 heteroatoms. The number of nitrogens with zero attached hydrogens (tertiary/aromatic N) is 3. The summed E-state index contributed by atoms with van der Waals surface area (Å²) in [7, 11) is 3.67. The van der Waals surface area contributed by atoms with Crippen molar-refractivity contribution < 1.29 is 4.74 Å². The second-order valence-corrected chi connectivity index (χ2v) is 3.94. The van der Waals surface area contributed by atoms with E-state index < -0.39 is 0 Å². The van der Waals surface area contributed by atoms with Crippen molar-refractivity contribution in [1.82, 2.24) is 20.1 Å². The van der Waals surface area contributed by atoms with E-state index in [1.165, 1.54) is 0 Å². The van der Waals surface area contributed by atoms with Crippen LogP contribution in [0.4, 0.5) is 0 Å². The van der Waals surface area contributed by atoms with E-state index in [4.69, 9.17) is 4.74 Å². The number of likely N-dealkylation sites (N-methyl/N-ethyl adjacent to an activating group) is 1. The molecule has 0 spiro atoms. The van der Waals surface area contributed by atoms with Crippen molar-refractivity contribution in [2.45, 2.75) is 45.4 Å². The quantitative estimate of drug-likeness (QED) is 0.749. The van der Waals surface area contributed by atoms with Crippen molar-refractivity contribution >= 4 is 0 Å². The van der Waals surface area contributed by atoms with Crippen molar-refractivity contribution in [1.29, 1.82) is 0 Å². The monoisotopic (exact) mass is 226 g/mol. The average Bonchev–Trinajstić information content (AvgIpc) is 2.73. The number of methoxy groups -OCH3 is 1. The third kappa shape index (κ3) is 3.28. The summed E-state index contributed by atoms with van der Waals surface area (Å²) < 4.78 is 7.30. The Morgan fingerprint density at radius 1 is 1.56 bits per heavy atom. The largest absolute Gasteiger partial charge is 0.380 e. The molecular formula is C11H22N4O. The Kier molecular flexibility index (Phi) is 5.42. The van der Waals surface area contributed by atoms with Crippen LogP contribution in [0.25, 0.3) is 0 Å². The van der Waals surface area contributed by atoms with Gasteiger partial charge < -0.3 is 10.1 Å². The van der Waals surface area contributed by atoms with E-state index in [2.05, 4.69) is 29.2 Å². The fourth-order valence-corrected chi connectivity index (χ4v) is 1.71. The second kappa shape index (κ2) is 6.60. The van der Waals surface area contributed by atoms with Gasteiger partial charge in [-0.3, -0.25) is 4.68 Å². The van der Waals surface area contributed by atoms with Crippen LogP contribution in [0.2, 0.25) is 0 Å². The van der Waals surface area contributed by atoms with Gasteiger partial charge in [0.1, 0.15) is 12.2 Å². The lowest BCUT2D eigenvalue weighted by Gasteiger charge is -2.21. The maximum absolute atomic E-state index is 5.33. The Hall–Kier alpha value is -0.940. The molecule has 2 unspecified atom stereocenters. The van der Waals surface area contributed by atoms with E-state index in [9.17, 15) is 0 Å². The number of aromatic nitrogens is 3. The molecule has 0 saturated heterocycles. The molecule has 5 nitrogen and oxygen atoms in total. The van der Waals surface area contributed by atoms with Crippen molar-refractivity contribution in [3.8, 4) is 0 Å². The SMILES string of the molecule is CCCn1ncnc1CC(NC)C(C)OC. The van der Waals surface area contributed by atoms with Gasteiger partial charge in [-0.15, -0.1) is 0 Å². The third-order valence-electron chi connectivity index (χ3n) is 2.84. The average molecular weight is 226 g/mol. The normalized spacial score (nSPS) is 15.0. The van der Waals surface area contributed by atoms with Crippen molar-refractivity contribution in [3.63, 3.8) is 0 Å². The predicted molar refractivity (Wildman–Crippen MR) is 63.3 cm³/mol. The zero-order chi connectivity index (χ0) is 12.0. The Labute approximate surface area is 97.2 Å². The molecule has 0 aromatic carbocycles. The lowest BCUT2D eigenvalue weighted by molar-refractivity contribution is 0.0846. The second-order valence-electron chi connectivity index (χ2n) is 3.94. The highest BCUT2D eigenvalue weighted by atomic mass is 16.5. The molecule has 0 aliphatic rings. The molecular weight excluding hydrogens is 204 g/mol. The molecule has 16 heavy (non-hydrogen) atoms. The molecule has 0 radical (unpaired) electrons. The van der Waals surface area contributed by atoms with Crippen molar-refractivity contribution in [3.05, 3.63) is 12.2 Å². The van der Waals surface area contributed by atoms with Crippen LogP contribution < -0.4 is 5.32 Å². The van der Waals surface area contributed by atoms with Crippen LogP contribution in [0.5, 0.6) is 0 Å². The molecule has 2 atom stereocenters. The molecule has 1 aromatic heterocycles.